The lowest BCUT2D eigenvalue weighted by Crippen LogP contribution is -2.09. The molecule has 0 aliphatic heterocycles. The van der Waals surface area contributed by atoms with Crippen molar-refractivity contribution in [2.45, 2.75) is 25.8 Å². The van der Waals surface area contributed by atoms with E-state index >= 15 is 0 Å². The summed E-state index contributed by atoms with van der Waals surface area (Å²) >= 11 is 1.76. The van der Waals surface area contributed by atoms with Crippen LogP contribution < -0.4 is 11.1 Å². The smallest absolute Gasteiger partial charge is 0.101 e. The average Bonchev–Trinajstić information content (AvgIpc) is 2.92. The van der Waals surface area contributed by atoms with Gasteiger partial charge in [-0.1, -0.05) is 19.4 Å². The number of hydrogen-bond donors (Lipinski definition) is 2. The summed E-state index contributed by atoms with van der Waals surface area (Å²) in [5.41, 5.74) is 7.85. The van der Waals surface area contributed by atoms with E-state index in [1.807, 2.05) is 12.1 Å². The van der Waals surface area contributed by atoms with E-state index in [9.17, 15) is 0 Å². The second-order valence-corrected chi connectivity index (χ2v) is 5.39. The van der Waals surface area contributed by atoms with Crippen molar-refractivity contribution in [3.63, 3.8) is 0 Å². The van der Waals surface area contributed by atoms with Gasteiger partial charge in [0.25, 0.3) is 0 Å². The number of thiophene rings is 1. The number of nitrogens with two attached hydrogens (primary N) is 1. The highest BCUT2D eigenvalue weighted by atomic mass is 32.1. The van der Waals surface area contributed by atoms with E-state index in [1.165, 1.54) is 4.88 Å². The Morgan fingerprint density at radius 2 is 2.26 bits per heavy atom. The Hall–Kier alpha value is -1.99. The van der Waals surface area contributed by atoms with Crippen molar-refractivity contribution in [1.82, 2.24) is 0 Å². The predicted octanol–water partition coefficient (Wildman–Crippen LogP) is 4.16. The van der Waals surface area contributed by atoms with Gasteiger partial charge in [-0.25, -0.2) is 0 Å². The molecule has 0 saturated carbocycles. The van der Waals surface area contributed by atoms with Gasteiger partial charge in [0, 0.05) is 10.6 Å². The molecule has 0 aliphatic rings. The summed E-state index contributed by atoms with van der Waals surface area (Å²) in [7, 11) is 0. The molecule has 0 bridgehead atoms. The van der Waals surface area contributed by atoms with Crippen LogP contribution in [0.1, 0.15) is 36.2 Å². The van der Waals surface area contributed by atoms with Crippen molar-refractivity contribution >= 4 is 22.7 Å². The molecular weight excluding hydrogens is 254 g/mol. The maximum Gasteiger partial charge on any atom is 0.101 e. The predicted molar refractivity (Wildman–Crippen MR) is 81.2 cm³/mol. The molecule has 0 fully saturated rings. The molecule has 1 aromatic heterocycles. The highest BCUT2D eigenvalue weighted by Gasteiger charge is 2.12. The molecule has 3 N–H and O–H groups in total. The van der Waals surface area contributed by atoms with E-state index in [4.69, 9.17) is 11.0 Å². The Morgan fingerprint density at radius 3 is 2.84 bits per heavy atom. The first-order chi connectivity index (χ1) is 9.24. The maximum atomic E-state index is 8.88. The summed E-state index contributed by atoms with van der Waals surface area (Å²) in [5, 5.41) is 14.5. The normalized spacial score (nSPS) is 11.8. The minimum absolute atomic E-state index is 0.303. The standard InChI is InChI=1S/C15H17N3S/c1-2-4-14(15-5-3-8-19-15)18-12-7-6-11(10-16)13(17)9-12/h3,5-9,14,18H,2,4,17H2,1H3. The van der Waals surface area contributed by atoms with Crippen molar-refractivity contribution in [2.24, 2.45) is 0 Å². The van der Waals surface area contributed by atoms with Gasteiger partial charge in [0.15, 0.2) is 0 Å². The van der Waals surface area contributed by atoms with Crippen LogP contribution in [0.4, 0.5) is 11.4 Å². The van der Waals surface area contributed by atoms with E-state index in [2.05, 4.69) is 35.8 Å². The summed E-state index contributed by atoms with van der Waals surface area (Å²) in [4.78, 5) is 1.32. The van der Waals surface area contributed by atoms with Gasteiger partial charge in [-0.05, 0) is 36.1 Å². The lowest BCUT2D eigenvalue weighted by atomic mass is 10.1. The lowest BCUT2D eigenvalue weighted by Gasteiger charge is -2.18. The summed E-state index contributed by atoms with van der Waals surface area (Å²) < 4.78 is 0. The largest absolute Gasteiger partial charge is 0.398 e. The SMILES string of the molecule is CCCC(Nc1ccc(C#N)c(N)c1)c1cccs1. The van der Waals surface area contributed by atoms with Crippen molar-refractivity contribution in [2.75, 3.05) is 11.1 Å². The number of benzene rings is 1. The van der Waals surface area contributed by atoms with Gasteiger partial charge in [-0.15, -0.1) is 11.3 Å². The van der Waals surface area contributed by atoms with Crippen LogP contribution in [-0.2, 0) is 0 Å². The molecular formula is C15H17N3S. The van der Waals surface area contributed by atoms with Gasteiger partial charge >= 0.3 is 0 Å². The number of anilines is 2. The fourth-order valence-corrected chi connectivity index (χ4v) is 2.83. The fraction of sp³-hybridized carbons (Fsp3) is 0.267. The highest BCUT2D eigenvalue weighted by molar-refractivity contribution is 7.10. The molecule has 0 saturated heterocycles. The van der Waals surface area contributed by atoms with Crippen LogP contribution in [0.3, 0.4) is 0 Å². The van der Waals surface area contributed by atoms with E-state index in [0.29, 0.717) is 17.3 Å². The molecule has 1 heterocycles. The Morgan fingerprint density at radius 1 is 1.42 bits per heavy atom. The van der Waals surface area contributed by atoms with Gasteiger partial charge in [-0.3, -0.25) is 0 Å². The zero-order valence-electron chi connectivity index (χ0n) is 10.9. The zero-order valence-corrected chi connectivity index (χ0v) is 11.7. The quantitative estimate of drug-likeness (QED) is 0.803. The minimum Gasteiger partial charge on any atom is -0.398 e. The number of nitrogens with zero attached hydrogens (tertiary/aromatic N) is 1. The topological polar surface area (TPSA) is 61.8 Å². The molecule has 1 atom stereocenters. The lowest BCUT2D eigenvalue weighted by molar-refractivity contribution is 0.688. The molecule has 19 heavy (non-hydrogen) atoms. The molecule has 4 heteroatoms. The Bertz CT molecular complexity index is 570. The minimum atomic E-state index is 0.303. The van der Waals surface area contributed by atoms with Crippen molar-refractivity contribution in [1.29, 1.82) is 5.26 Å². The van der Waals surface area contributed by atoms with Crippen LogP contribution in [0.15, 0.2) is 35.7 Å². The first-order valence-corrected chi connectivity index (χ1v) is 7.22. The van der Waals surface area contributed by atoms with Gasteiger partial charge < -0.3 is 11.1 Å². The molecule has 0 aliphatic carbocycles. The summed E-state index contributed by atoms with van der Waals surface area (Å²) in [5.74, 6) is 0. The number of rotatable bonds is 5. The average molecular weight is 271 g/mol. The summed E-state index contributed by atoms with van der Waals surface area (Å²) in [6, 6.07) is 12.1. The Labute approximate surface area is 117 Å². The first-order valence-electron chi connectivity index (χ1n) is 6.34. The highest BCUT2D eigenvalue weighted by Crippen LogP contribution is 2.28. The third-order valence-electron chi connectivity index (χ3n) is 2.98. The van der Waals surface area contributed by atoms with Crippen molar-refractivity contribution < 1.29 is 0 Å². The maximum absolute atomic E-state index is 8.88. The van der Waals surface area contributed by atoms with E-state index in [1.54, 1.807) is 17.4 Å². The third kappa shape index (κ3) is 3.27. The molecule has 0 amide bonds. The molecule has 2 aromatic rings. The Balaban J connectivity index is 2.18. The molecule has 2 rings (SSSR count). The van der Waals surface area contributed by atoms with E-state index in [0.717, 1.165) is 18.5 Å². The van der Waals surface area contributed by atoms with Gasteiger partial charge in [0.2, 0.25) is 0 Å². The molecule has 1 aromatic carbocycles. The second kappa shape index (κ2) is 6.26. The number of nitrogen functional groups attached to an aromatic ring is 1. The molecule has 1 unspecified atom stereocenters. The van der Waals surface area contributed by atoms with E-state index < -0.39 is 0 Å². The molecule has 0 radical (unpaired) electrons. The number of hydrogen-bond acceptors (Lipinski definition) is 4. The van der Waals surface area contributed by atoms with Crippen molar-refractivity contribution in [3.05, 3.63) is 46.2 Å². The van der Waals surface area contributed by atoms with Crippen LogP contribution in [0.25, 0.3) is 0 Å². The van der Waals surface area contributed by atoms with Gasteiger partial charge in [0.1, 0.15) is 6.07 Å². The molecule has 0 spiro atoms. The first kappa shape index (κ1) is 13.4. The summed E-state index contributed by atoms with van der Waals surface area (Å²) in [6.45, 7) is 2.18. The van der Waals surface area contributed by atoms with Crippen molar-refractivity contribution in [3.8, 4) is 6.07 Å². The zero-order chi connectivity index (χ0) is 13.7. The van der Waals surface area contributed by atoms with Crippen LogP contribution in [0, 0.1) is 11.3 Å². The fourth-order valence-electron chi connectivity index (χ4n) is 2.02. The van der Waals surface area contributed by atoms with Crippen LogP contribution in [0.5, 0.6) is 0 Å². The molecule has 98 valence electrons. The third-order valence-corrected chi connectivity index (χ3v) is 3.96. The van der Waals surface area contributed by atoms with Crippen LogP contribution in [0.2, 0.25) is 0 Å². The number of nitriles is 1. The van der Waals surface area contributed by atoms with Gasteiger partial charge in [-0.2, -0.15) is 5.26 Å². The second-order valence-electron chi connectivity index (χ2n) is 4.41. The van der Waals surface area contributed by atoms with Gasteiger partial charge in [0.05, 0.1) is 17.3 Å². The molecule has 3 nitrogen and oxygen atoms in total. The summed E-state index contributed by atoms with van der Waals surface area (Å²) in [6.07, 6.45) is 2.18. The monoisotopic (exact) mass is 271 g/mol. The Kier molecular flexibility index (Phi) is 4.43. The number of nitrogens with one attached hydrogen (secondary N) is 1. The van der Waals surface area contributed by atoms with E-state index in [-0.39, 0.29) is 0 Å². The van der Waals surface area contributed by atoms with Crippen LogP contribution >= 0.6 is 11.3 Å². The van der Waals surface area contributed by atoms with Crippen LogP contribution in [-0.4, -0.2) is 0 Å².